The fourth-order valence-corrected chi connectivity index (χ4v) is 2.19. The first-order valence-electron chi connectivity index (χ1n) is 5.96. The second-order valence-corrected chi connectivity index (χ2v) is 4.60. The summed E-state index contributed by atoms with van der Waals surface area (Å²) in [5, 5.41) is 0.634. The maximum atomic E-state index is 12.2. The van der Waals surface area contributed by atoms with E-state index < -0.39 is 12.6 Å². The number of aromatic nitrogens is 2. The molecule has 2 rings (SSSR count). The fraction of sp³-hybridized carbons (Fsp3) is 0.385. The van der Waals surface area contributed by atoms with Crippen LogP contribution in [0.25, 0.3) is 10.9 Å². The number of rotatable bonds is 4. The molecule has 0 N–H and O–H groups in total. The number of hydrogen-bond donors (Lipinski definition) is 0. The summed E-state index contributed by atoms with van der Waals surface area (Å²) < 4.78 is 41.9. The van der Waals surface area contributed by atoms with Crippen LogP contribution in [-0.2, 0) is 6.42 Å². The van der Waals surface area contributed by atoms with Crippen molar-refractivity contribution in [2.75, 3.05) is 7.11 Å². The summed E-state index contributed by atoms with van der Waals surface area (Å²) in [4.78, 5) is 8.09. The van der Waals surface area contributed by atoms with Gasteiger partial charge in [0.15, 0.2) is 0 Å². The molecule has 0 fully saturated rings. The molecule has 3 nitrogen and oxygen atoms in total. The lowest BCUT2D eigenvalue weighted by Crippen LogP contribution is -2.08. The van der Waals surface area contributed by atoms with Gasteiger partial charge in [0.05, 0.1) is 23.7 Å². The number of fused-ring (bicyclic) bond motifs is 1. The van der Waals surface area contributed by atoms with Crippen molar-refractivity contribution >= 4 is 22.5 Å². The Hall–Kier alpha value is -1.56. The van der Waals surface area contributed by atoms with Crippen LogP contribution in [0.15, 0.2) is 18.2 Å². The molecule has 7 heteroatoms. The van der Waals surface area contributed by atoms with Crippen LogP contribution < -0.4 is 4.74 Å². The van der Waals surface area contributed by atoms with Crippen LogP contribution in [0.5, 0.6) is 5.75 Å². The third-order valence-corrected chi connectivity index (χ3v) is 3.00. The largest absolute Gasteiger partial charge is 0.496 e. The van der Waals surface area contributed by atoms with Gasteiger partial charge in [-0.2, -0.15) is 13.2 Å². The minimum Gasteiger partial charge on any atom is -0.496 e. The van der Waals surface area contributed by atoms with Crippen molar-refractivity contribution in [2.45, 2.75) is 25.4 Å². The number of halogens is 4. The molecule has 0 amide bonds. The van der Waals surface area contributed by atoms with E-state index >= 15 is 0 Å². The van der Waals surface area contributed by atoms with Crippen LogP contribution in [-0.4, -0.2) is 23.3 Å². The zero-order chi connectivity index (χ0) is 14.8. The van der Waals surface area contributed by atoms with Gasteiger partial charge in [0.2, 0.25) is 5.28 Å². The van der Waals surface area contributed by atoms with Gasteiger partial charge in [-0.15, -0.1) is 0 Å². The number of aryl methyl sites for hydroxylation is 1. The van der Waals surface area contributed by atoms with E-state index in [0.29, 0.717) is 22.3 Å². The van der Waals surface area contributed by atoms with Gasteiger partial charge < -0.3 is 4.74 Å². The molecule has 1 aromatic heterocycles. The first-order valence-corrected chi connectivity index (χ1v) is 6.34. The average Bonchev–Trinajstić information content (AvgIpc) is 2.35. The summed E-state index contributed by atoms with van der Waals surface area (Å²) in [6, 6.07) is 5.18. The number of ether oxygens (including phenoxy) is 1. The number of methoxy groups -OCH3 is 1. The molecule has 0 atom stereocenters. The topological polar surface area (TPSA) is 35.0 Å². The zero-order valence-electron chi connectivity index (χ0n) is 10.7. The molecule has 0 unspecified atom stereocenters. The molecule has 0 aliphatic rings. The van der Waals surface area contributed by atoms with Gasteiger partial charge in [0, 0.05) is 6.42 Å². The third-order valence-electron chi connectivity index (χ3n) is 2.83. The normalized spacial score (nSPS) is 11.8. The Morgan fingerprint density at radius 1 is 1.25 bits per heavy atom. The van der Waals surface area contributed by atoms with Gasteiger partial charge in [-0.3, -0.25) is 0 Å². The van der Waals surface area contributed by atoms with E-state index in [1.165, 1.54) is 7.11 Å². The van der Waals surface area contributed by atoms with Gasteiger partial charge in [-0.05, 0) is 36.6 Å². The van der Waals surface area contributed by atoms with Crippen LogP contribution in [0.4, 0.5) is 13.2 Å². The minimum atomic E-state index is -4.17. The highest BCUT2D eigenvalue weighted by Gasteiger charge is 2.26. The molecule has 0 spiro atoms. The van der Waals surface area contributed by atoms with E-state index in [1.807, 2.05) is 0 Å². The van der Waals surface area contributed by atoms with E-state index in [-0.39, 0.29) is 18.1 Å². The smallest absolute Gasteiger partial charge is 0.389 e. The summed E-state index contributed by atoms with van der Waals surface area (Å²) in [5.41, 5.74) is 1.04. The second-order valence-electron chi connectivity index (χ2n) is 4.26. The van der Waals surface area contributed by atoms with Gasteiger partial charge in [0.25, 0.3) is 0 Å². The van der Waals surface area contributed by atoms with E-state index in [1.54, 1.807) is 18.2 Å². The fourth-order valence-electron chi connectivity index (χ4n) is 2.00. The Kier molecular flexibility index (Phi) is 4.32. The predicted octanol–water partition coefficient (Wildman–Crippen LogP) is 4.18. The van der Waals surface area contributed by atoms with Crippen LogP contribution in [0, 0.1) is 0 Å². The Labute approximate surface area is 118 Å². The molecule has 0 aliphatic carbocycles. The quantitative estimate of drug-likeness (QED) is 0.795. The van der Waals surface area contributed by atoms with Gasteiger partial charge in [-0.25, -0.2) is 9.97 Å². The van der Waals surface area contributed by atoms with E-state index in [0.717, 1.165) is 0 Å². The van der Waals surface area contributed by atoms with Crippen molar-refractivity contribution in [1.82, 2.24) is 9.97 Å². The second kappa shape index (κ2) is 5.83. The lowest BCUT2D eigenvalue weighted by atomic mass is 10.1. The van der Waals surface area contributed by atoms with Gasteiger partial charge in [-0.1, -0.05) is 6.07 Å². The summed E-state index contributed by atoms with van der Waals surface area (Å²) in [7, 11) is 1.49. The molecule has 0 saturated heterocycles. The summed E-state index contributed by atoms with van der Waals surface area (Å²) >= 11 is 5.80. The predicted molar refractivity (Wildman–Crippen MR) is 70.1 cm³/mol. The molecule has 1 heterocycles. The number of hydrogen-bond acceptors (Lipinski definition) is 3. The molecule has 0 saturated carbocycles. The van der Waals surface area contributed by atoms with E-state index in [9.17, 15) is 13.2 Å². The molecule has 20 heavy (non-hydrogen) atoms. The molecule has 0 aliphatic heterocycles. The van der Waals surface area contributed by atoms with Crippen LogP contribution in [0.2, 0.25) is 5.28 Å². The summed E-state index contributed by atoms with van der Waals surface area (Å²) in [5.74, 6) is 0.529. The highest BCUT2D eigenvalue weighted by molar-refractivity contribution is 6.28. The Morgan fingerprint density at radius 2 is 2.00 bits per heavy atom. The van der Waals surface area contributed by atoms with Crippen molar-refractivity contribution in [3.05, 3.63) is 29.2 Å². The molecule has 1 aromatic carbocycles. The van der Waals surface area contributed by atoms with Crippen LogP contribution in [0.1, 0.15) is 18.5 Å². The van der Waals surface area contributed by atoms with E-state index in [4.69, 9.17) is 16.3 Å². The first kappa shape index (κ1) is 14.8. The highest BCUT2D eigenvalue weighted by Crippen LogP contribution is 2.30. The SMILES string of the molecule is COc1cccc2nc(Cl)nc(CCCC(F)(F)F)c12. The van der Waals surface area contributed by atoms with Crippen molar-refractivity contribution < 1.29 is 17.9 Å². The van der Waals surface area contributed by atoms with Crippen molar-refractivity contribution in [3.63, 3.8) is 0 Å². The van der Waals surface area contributed by atoms with Crippen molar-refractivity contribution in [1.29, 1.82) is 0 Å². The molecular formula is C13H12ClF3N2O. The van der Waals surface area contributed by atoms with Crippen LogP contribution >= 0.6 is 11.6 Å². The maximum Gasteiger partial charge on any atom is 0.389 e. The number of nitrogens with zero attached hydrogens (tertiary/aromatic N) is 2. The summed E-state index contributed by atoms with van der Waals surface area (Å²) in [6.07, 6.45) is -4.91. The monoisotopic (exact) mass is 304 g/mol. The Morgan fingerprint density at radius 3 is 2.65 bits per heavy atom. The lowest BCUT2D eigenvalue weighted by Gasteiger charge is -2.10. The standard InChI is InChI=1S/C13H12ClF3N2O/c1-20-10-6-2-4-8-11(10)9(19-12(14)18-8)5-3-7-13(15,16)17/h2,4,6H,3,5,7H2,1H3. The molecule has 108 valence electrons. The Bertz CT molecular complexity index is 616. The van der Waals surface area contributed by atoms with Gasteiger partial charge in [0.1, 0.15) is 5.75 Å². The zero-order valence-corrected chi connectivity index (χ0v) is 11.4. The average molecular weight is 305 g/mol. The van der Waals surface area contributed by atoms with Gasteiger partial charge >= 0.3 is 6.18 Å². The van der Waals surface area contributed by atoms with Crippen molar-refractivity contribution in [2.24, 2.45) is 0 Å². The first-order chi connectivity index (χ1) is 9.40. The van der Waals surface area contributed by atoms with Crippen LogP contribution in [0.3, 0.4) is 0 Å². The lowest BCUT2D eigenvalue weighted by molar-refractivity contribution is -0.135. The molecule has 0 radical (unpaired) electrons. The number of benzene rings is 1. The highest BCUT2D eigenvalue weighted by atomic mass is 35.5. The molecule has 2 aromatic rings. The molecular weight excluding hydrogens is 293 g/mol. The third kappa shape index (κ3) is 3.50. The van der Waals surface area contributed by atoms with Crippen molar-refractivity contribution in [3.8, 4) is 5.75 Å². The Balaban J connectivity index is 2.36. The number of alkyl halides is 3. The molecule has 0 bridgehead atoms. The summed E-state index contributed by atoms with van der Waals surface area (Å²) in [6.45, 7) is 0. The van der Waals surface area contributed by atoms with E-state index in [2.05, 4.69) is 9.97 Å². The maximum absolute atomic E-state index is 12.2. The minimum absolute atomic E-state index is 0.0211.